The number of carbonyl (C=O) groups is 2. The van der Waals surface area contributed by atoms with Crippen molar-refractivity contribution in [3.63, 3.8) is 0 Å². The summed E-state index contributed by atoms with van der Waals surface area (Å²) in [7, 11) is 0. The van der Waals surface area contributed by atoms with E-state index in [2.05, 4.69) is 10.6 Å². The van der Waals surface area contributed by atoms with E-state index in [4.69, 9.17) is 0 Å². The number of amides is 2. The fourth-order valence-electron chi connectivity index (χ4n) is 1.54. The van der Waals surface area contributed by atoms with E-state index in [1.54, 1.807) is 27.7 Å². The molecule has 0 rings (SSSR count). The summed E-state index contributed by atoms with van der Waals surface area (Å²) in [5.41, 5.74) is -1.13. The highest BCUT2D eigenvalue weighted by Gasteiger charge is 2.31. The number of aliphatic hydroxyl groups is 1. The van der Waals surface area contributed by atoms with E-state index < -0.39 is 17.0 Å². The van der Waals surface area contributed by atoms with Crippen molar-refractivity contribution >= 4 is 11.8 Å². The molecule has 1 unspecified atom stereocenters. The summed E-state index contributed by atoms with van der Waals surface area (Å²) in [6.07, 6.45) is 1.29. The van der Waals surface area contributed by atoms with Crippen LogP contribution in [-0.2, 0) is 9.59 Å². The average Bonchev–Trinajstić information content (AvgIpc) is 2.34. The van der Waals surface area contributed by atoms with Gasteiger partial charge in [0.15, 0.2) is 0 Å². The van der Waals surface area contributed by atoms with E-state index in [1.807, 2.05) is 13.8 Å². The van der Waals surface area contributed by atoms with Crippen LogP contribution in [-0.4, -0.2) is 35.1 Å². The Hall–Kier alpha value is -1.10. The minimum absolute atomic E-state index is 0.105. The molecule has 2 amide bonds. The lowest BCUT2D eigenvalue weighted by Crippen LogP contribution is -2.57. The van der Waals surface area contributed by atoms with Crippen LogP contribution in [0.2, 0.25) is 0 Å². The molecular weight excluding hydrogens is 244 g/mol. The Bertz CT molecular complexity index is 309. The van der Waals surface area contributed by atoms with Gasteiger partial charge in [-0.2, -0.15) is 0 Å². The van der Waals surface area contributed by atoms with Crippen LogP contribution in [0, 0.1) is 5.41 Å². The number of carbonyl (C=O) groups excluding carboxylic acids is 2. The molecule has 0 saturated heterocycles. The smallest absolute Gasteiger partial charge is 0.242 e. The predicted octanol–water partition coefficient (Wildman–Crippen LogP) is 1.20. The third-order valence-corrected chi connectivity index (χ3v) is 3.47. The first kappa shape index (κ1) is 17.9. The molecular formula is C14H28N2O3. The molecule has 0 aliphatic carbocycles. The number of aliphatic hydroxyl groups excluding tert-OH is 1. The maximum atomic E-state index is 12.1. The SMILES string of the molecule is CCC(CC)(CO)NC(=O)C(C)NC(=O)C(C)(C)C. The highest BCUT2D eigenvalue weighted by Crippen LogP contribution is 2.15. The van der Waals surface area contributed by atoms with Gasteiger partial charge in [-0.1, -0.05) is 34.6 Å². The Balaban J connectivity index is 4.63. The van der Waals surface area contributed by atoms with Crippen molar-refractivity contribution in [1.82, 2.24) is 10.6 Å². The summed E-state index contributed by atoms with van der Waals surface area (Å²) in [5, 5.41) is 14.9. The van der Waals surface area contributed by atoms with Crippen LogP contribution in [0.3, 0.4) is 0 Å². The maximum absolute atomic E-state index is 12.1. The van der Waals surface area contributed by atoms with E-state index in [0.717, 1.165) is 0 Å². The van der Waals surface area contributed by atoms with Gasteiger partial charge in [-0.25, -0.2) is 0 Å². The molecule has 19 heavy (non-hydrogen) atoms. The van der Waals surface area contributed by atoms with Crippen molar-refractivity contribution in [1.29, 1.82) is 0 Å². The van der Waals surface area contributed by atoms with Gasteiger partial charge in [0.05, 0.1) is 12.1 Å². The number of hydrogen-bond donors (Lipinski definition) is 3. The summed E-state index contributed by atoms with van der Waals surface area (Å²) in [6, 6.07) is -0.615. The monoisotopic (exact) mass is 272 g/mol. The Labute approximate surface area is 116 Å². The molecule has 5 nitrogen and oxygen atoms in total. The van der Waals surface area contributed by atoms with Crippen LogP contribution in [0.1, 0.15) is 54.4 Å². The lowest BCUT2D eigenvalue weighted by Gasteiger charge is -2.32. The van der Waals surface area contributed by atoms with E-state index >= 15 is 0 Å². The molecule has 0 aromatic heterocycles. The van der Waals surface area contributed by atoms with Crippen molar-refractivity contribution in [2.75, 3.05) is 6.61 Å². The molecule has 3 N–H and O–H groups in total. The van der Waals surface area contributed by atoms with Gasteiger partial charge < -0.3 is 15.7 Å². The fourth-order valence-corrected chi connectivity index (χ4v) is 1.54. The van der Waals surface area contributed by atoms with Gasteiger partial charge in [-0.15, -0.1) is 0 Å². The topological polar surface area (TPSA) is 78.4 Å². The first-order chi connectivity index (χ1) is 8.61. The van der Waals surface area contributed by atoms with Crippen molar-refractivity contribution in [3.8, 4) is 0 Å². The van der Waals surface area contributed by atoms with Crippen LogP contribution < -0.4 is 10.6 Å². The molecule has 0 aliphatic heterocycles. The van der Waals surface area contributed by atoms with Crippen LogP contribution in [0.15, 0.2) is 0 Å². The molecule has 0 heterocycles. The Morgan fingerprint density at radius 1 is 1.16 bits per heavy atom. The second kappa shape index (κ2) is 6.89. The number of nitrogens with one attached hydrogen (secondary N) is 2. The molecule has 0 bridgehead atoms. The largest absolute Gasteiger partial charge is 0.394 e. The fraction of sp³-hybridized carbons (Fsp3) is 0.857. The highest BCUT2D eigenvalue weighted by molar-refractivity contribution is 5.89. The zero-order chi connectivity index (χ0) is 15.3. The minimum atomic E-state index is -0.615. The Kier molecular flexibility index (Phi) is 6.49. The summed E-state index contributed by atoms with van der Waals surface area (Å²) < 4.78 is 0. The van der Waals surface area contributed by atoms with Crippen molar-refractivity contribution in [3.05, 3.63) is 0 Å². The van der Waals surface area contributed by atoms with Crippen molar-refractivity contribution < 1.29 is 14.7 Å². The molecule has 1 atom stereocenters. The van der Waals surface area contributed by atoms with Gasteiger partial charge >= 0.3 is 0 Å². The van der Waals surface area contributed by atoms with E-state index in [0.29, 0.717) is 12.8 Å². The van der Waals surface area contributed by atoms with Gasteiger partial charge in [-0.05, 0) is 19.8 Å². The molecule has 0 aromatic rings. The number of rotatable bonds is 6. The molecule has 0 aromatic carbocycles. The summed E-state index contributed by atoms with van der Waals surface area (Å²) in [4.78, 5) is 23.9. The Morgan fingerprint density at radius 3 is 1.95 bits per heavy atom. The van der Waals surface area contributed by atoms with E-state index in [-0.39, 0.29) is 18.4 Å². The first-order valence-electron chi connectivity index (χ1n) is 6.85. The molecule has 112 valence electrons. The standard InChI is InChI=1S/C14H28N2O3/c1-7-14(8-2,9-17)16-11(18)10(3)15-12(19)13(4,5)6/h10,17H,7-9H2,1-6H3,(H,15,19)(H,16,18). The van der Waals surface area contributed by atoms with Crippen molar-refractivity contribution in [2.45, 2.75) is 66.0 Å². The molecule has 0 aliphatic rings. The molecule has 0 spiro atoms. The maximum Gasteiger partial charge on any atom is 0.242 e. The van der Waals surface area contributed by atoms with Crippen LogP contribution in [0.25, 0.3) is 0 Å². The highest BCUT2D eigenvalue weighted by atomic mass is 16.3. The van der Waals surface area contributed by atoms with Gasteiger partial charge in [0.2, 0.25) is 11.8 Å². The number of hydrogen-bond acceptors (Lipinski definition) is 3. The van der Waals surface area contributed by atoms with Gasteiger partial charge in [0.25, 0.3) is 0 Å². The van der Waals surface area contributed by atoms with E-state index in [1.165, 1.54) is 0 Å². The quantitative estimate of drug-likeness (QED) is 0.680. The Morgan fingerprint density at radius 2 is 1.63 bits per heavy atom. The molecule has 5 heteroatoms. The second-order valence-corrected chi connectivity index (χ2v) is 6.08. The summed E-state index contributed by atoms with van der Waals surface area (Å²) >= 11 is 0. The third-order valence-electron chi connectivity index (χ3n) is 3.47. The van der Waals surface area contributed by atoms with E-state index in [9.17, 15) is 14.7 Å². The van der Waals surface area contributed by atoms with Gasteiger partial charge in [0.1, 0.15) is 6.04 Å². The van der Waals surface area contributed by atoms with Gasteiger partial charge in [-0.3, -0.25) is 9.59 Å². The molecule has 0 saturated carbocycles. The lowest BCUT2D eigenvalue weighted by atomic mass is 9.93. The van der Waals surface area contributed by atoms with Crippen LogP contribution >= 0.6 is 0 Å². The molecule has 0 radical (unpaired) electrons. The summed E-state index contributed by atoms with van der Waals surface area (Å²) in [6.45, 7) is 10.8. The van der Waals surface area contributed by atoms with Gasteiger partial charge in [0, 0.05) is 5.41 Å². The molecule has 0 fully saturated rings. The van der Waals surface area contributed by atoms with Crippen molar-refractivity contribution in [2.24, 2.45) is 5.41 Å². The minimum Gasteiger partial charge on any atom is -0.394 e. The zero-order valence-electron chi connectivity index (χ0n) is 13.0. The normalized spacial score (nSPS) is 13.8. The second-order valence-electron chi connectivity index (χ2n) is 6.08. The lowest BCUT2D eigenvalue weighted by molar-refractivity contribution is -0.134. The predicted molar refractivity (Wildman–Crippen MR) is 75.6 cm³/mol. The third kappa shape index (κ3) is 5.19. The first-order valence-corrected chi connectivity index (χ1v) is 6.85. The summed E-state index contributed by atoms with van der Waals surface area (Å²) in [5.74, 6) is -0.437. The zero-order valence-corrected chi connectivity index (χ0v) is 13.0. The average molecular weight is 272 g/mol. The van der Waals surface area contributed by atoms with Crippen LogP contribution in [0.4, 0.5) is 0 Å². The van der Waals surface area contributed by atoms with Crippen LogP contribution in [0.5, 0.6) is 0 Å².